The molecule has 0 N–H and O–H groups in total. The van der Waals surface area contributed by atoms with Crippen molar-refractivity contribution in [1.82, 2.24) is 0 Å². The highest BCUT2D eigenvalue weighted by molar-refractivity contribution is 6.31. The average molecular weight is 269 g/mol. The van der Waals surface area contributed by atoms with Crippen LogP contribution in [0.4, 0.5) is 0 Å². The topological polar surface area (TPSA) is 35.5 Å². The number of methoxy groups -OCH3 is 1. The molecule has 0 bridgehead atoms. The SMILES string of the molecule is COc1ccc(Cl)c(CCC=O)c1OCC1CC1. The Kier molecular flexibility index (Phi) is 4.48. The Hall–Kier alpha value is -1.22. The largest absolute Gasteiger partial charge is 0.493 e. The van der Waals surface area contributed by atoms with Gasteiger partial charge in [0.25, 0.3) is 0 Å². The summed E-state index contributed by atoms with van der Waals surface area (Å²) in [4.78, 5) is 10.5. The Morgan fingerprint density at radius 3 is 2.83 bits per heavy atom. The molecule has 2 rings (SSSR count). The third kappa shape index (κ3) is 3.16. The monoisotopic (exact) mass is 268 g/mol. The molecule has 0 aliphatic heterocycles. The normalized spacial score (nSPS) is 14.3. The van der Waals surface area contributed by atoms with Gasteiger partial charge in [-0.2, -0.15) is 0 Å². The molecule has 1 aromatic carbocycles. The first-order valence-electron chi connectivity index (χ1n) is 6.18. The van der Waals surface area contributed by atoms with E-state index in [1.807, 2.05) is 0 Å². The van der Waals surface area contributed by atoms with E-state index in [1.165, 1.54) is 12.8 Å². The Morgan fingerprint density at radius 2 is 2.22 bits per heavy atom. The minimum absolute atomic E-state index is 0.437. The van der Waals surface area contributed by atoms with Gasteiger partial charge in [0.15, 0.2) is 11.5 Å². The molecule has 0 spiro atoms. The van der Waals surface area contributed by atoms with Crippen LogP contribution in [0.3, 0.4) is 0 Å². The van der Waals surface area contributed by atoms with Crippen LogP contribution in [0.2, 0.25) is 5.02 Å². The summed E-state index contributed by atoms with van der Waals surface area (Å²) >= 11 is 6.17. The predicted octanol–water partition coefficient (Wildman–Crippen LogP) is 3.27. The first-order chi connectivity index (χ1) is 8.76. The molecule has 1 aromatic rings. The van der Waals surface area contributed by atoms with Gasteiger partial charge in [0.2, 0.25) is 0 Å². The zero-order valence-corrected chi connectivity index (χ0v) is 11.2. The van der Waals surface area contributed by atoms with Gasteiger partial charge >= 0.3 is 0 Å². The molecular weight excluding hydrogens is 252 g/mol. The number of aldehydes is 1. The minimum Gasteiger partial charge on any atom is -0.493 e. The molecule has 0 amide bonds. The molecule has 0 atom stereocenters. The van der Waals surface area contributed by atoms with Crippen LogP contribution in [0.25, 0.3) is 0 Å². The summed E-state index contributed by atoms with van der Waals surface area (Å²) in [6.07, 6.45) is 4.37. The second kappa shape index (κ2) is 6.10. The molecule has 4 heteroatoms. The zero-order chi connectivity index (χ0) is 13.0. The molecule has 0 radical (unpaired) electrons. The third-order valence-electron chi connectivity index (χ3n) is 3.06. The highest BCUT2D eigenvalue weighted by Crippen LogP contribution is 2.38. The Bertz CT molecular complexity index is 427. The van der Waals surface area contributed by atoms with Crippen LogP contribution >= 0.6 is 11.6 Å². The van der Waals surface area contributed by atoms with Crippen LogP contribution < -0.4 is 9.47 Å². The lowest BCUT2D eigenvalue weighted by Gasteiger charge is -2.15. The van der Waals surface area contributed by atoms with Crippen molar-refractivity contribution in [1.29, 1.82) is 0 Å². The lowest BCUT2D eigenvalue weighted by Crippen LogP contribution is -2.04. The minimum atomic E-state index is 0.437. The van der Waals surface area contributed by atoms with Crippen molar-refractivity contribution in [2.45, 2.75) is 25.7 Å². The number of carbonyl (C=O) groups is 1. The van der Waals surface area contributed by atoms with E-state index in [4.69, 9.17) is 21.1 Å². The van der Waals surface area contributed by atoms with Crippen molar-refractivity contribution >= 4 is 17.9 Å². The van der Waals surface area contributed by atoms with Gasteiger partial charge in [-0.15, -0.1) is 0 Å². The molecule has 3 nitrogen and oxygen atoms in total. The van der Waals surface area contributed by atoms with Gasteiger partial charge in [-0.1, -0.05) is 11.6 Å². The summed E-state index contributed by atoms with van der Waals surface area (Å²) in [5.41, 5.74) is 0.865. The summed E-state index contributed by atoms with van der Waals surface area (Å²) in [6, 6.07) is 3.58. The molecule has 1 aliphatic carbocycles. The van der Waals surface area contributed by atoms with Crippen LogP contribution in [0.5, 0.6) is 11.5 Å². The lowest BCUT2D eigenvalue weighted by molar-refractivity contribution is -0.107. The van der Waals surface area contributed by atoms with E-state index in [0.29, 0.717) is 41.9 Å². The standard InChI is InChI=1S/C14H17ClO3/c1-17-13-7-6-12(15)11(3-2-8-16)14(13)18-9-10-4-5-10/h6-8,10H,2-5,9H2,1H3. The van der Waals surface area contributed by atoms with E-state index in [2.05, 4.69) is 0 Å². The van der Waals surface area contributed by atoms with Gasteiger partial charge < -0.3 is 14.3 Å². The van der Waals surface area contributed by atoms with E-state index in [0.717, 1.165) is 11.8 Å². The number of ether oxygens (including phenoxy) is 2. The van der Waals surface area contributed by atoms with Crippen LogP contribution in [-0.4, -0.2) is 20.0 Å². The summed E-state index contributed by atoms with van der Waals surface area (Å²) in [6.45, 7) is 0.699. The van der Waals surface area contributed by atoms with Crippen LogP contribution in [0.15, 0.2) is 12.1 Å². The van der Waals surface area contributed by atoms with Crippen molar-refractivity contribution < 1.29 is 14.3 Å². The van der Waals surface area contributed by atoms with E-state index in [-0.39, 0.29) is 0 Å². The Morgan fingerprint density at radius 1 is 1.44 bits per heavy atom. The van der Waals surface area contributed by atoms with Gasteiger partial charge in [-0.25, -0.2) is 0 Å². The number of benzene rings is 1. The maximum absolute atomic E-state index is 10.5. The van der Waals surface area contributed by atoms with Crippen molar-refractivity contribution in [3.63, 3.8) is 0 Å². The summed E-state index contributed by atoms with van der Waals surface area (Å²) in [5.74, 6) is 2.03. The van der Waals surface area contributed by atoms with Crippen molar-refractivity contribution in [2.24, 2.45) is 5.92 Å². The van der Waals surface area contributed by atoms with Gasteiger partial charge in [0.05, 0.1) is 13.7 Å². The van der Waals surface area contributed by atoms with Crippen molar-refractivity contribution in [2.75, 3.05) is 13.7 Å². The van der Waals surface area contributed by atoms with Crippen LogP contribution in [0, 0.1) is 5.92 Å². The molecule has 0 unspecified atom stereocenters. The molecule has 0 aromatic heterocycles. The number of rotatable bonds is 7. The predicted molar refractivity (Wildman–Crippen MR) is 70.6 cm³/mol. The Labute approximate surface area is 112 Å². The van der Waals surface area contributed by atoms with Crippen LogP contribution in [0.1, 0.15) is 24.8 Å². The van der Waals surface area contributed by atoms with Gasteiger partial charge in [-0.05, 0) is 37.3 Å². The van der Waals surface area contributed by atoms with Crippen molar-refractivity contribution in [3.8, 4) is 11.5 Å². The fourth-order valence-corrected chi connectivity index (χ4v) is 2.07. The van der Waals surface area contributed by atoms with E-state index in [1.54, 1.807) is 19.2 Å². The quantitative estimate of drug-likeness (QED) is 0.712. The second-order valence-electron chi connectivity index (χ2n) is 4.52. The summed E-state index contributed by atoms with van der Waals surface area (Å²) < 4.78 is 11.1. The van der Waals surface area contributed by atoms with E-state index in [9.17, 15) is 4.79 Å². The molecular formula is C14H17ClO3. The van der Waals surface area contributed by atoms with Gasteiger partial charge in [0.1, 0.15) is 6.29 Å². The third-order valence-corrected chi connectivity index (χ3v) is 3.41. The second-order valence-corrected chi connectivity index (χ2v) is 4.92. The molecule has 0 heterocycles. The molecule has 1 aliphatic rings. The highest BCUT2D eigenvalue weighted by atomic mass is 35.5. The molecule has 1 fully saturated rings. The number of hydrogen-bond donors (Lipinski definition) is 0. The lowest BCUT2D eigenvalue weighted by atomic mass is 10.1. The average Bonchev–Trinajstić information content (AvgIpc) is 3.19. The smallest absolute Gasteiger partial charge is 0.165 e. The molecule has 18 heavy (non-hydrogen) atoms. The van der Waals surface area contributed by atoms with Gasteiger partial charge in [0, 0.05) is 17.0 Å². The highest BCUT2D eigenvalue weighted by Gasteiger charge is 2.24. The molecule has 98 valence electrons. The maximum atomic E-state index is 10.5. The molecule has 1 saturated carbocycles. The van der Waals surface area contributed by atoms with E-state index < -0.39 is 0 Å². The zero-order valence-electron chi connectivity index (χ0n) is 10.4. The van der Waals surface area contributed by atoms with Gasteiger partial charge in [-0.3, -0.25) is 0 Å². The fourth-order valence-electron chi connectivity index (χ4n) is 1.82. The molecule has 0 saturated heterocycles. The number of halogens is 1. The Balaban J connectivity index is 2.22. The maximum Gasteiger partial charge on any atom is 0.165 e. The van der Waals surface area contributed by atoms with Crippen molar-refractivity contribution in [3.05, 3.63) is 22.7 Å². The first kappa shape index (κ1) is 13.2. The van der Waals surface area contributed by atoms with Crippen LogP contribution in [-0.2, 0) is 11.2 Å². The summed E-state index contributed by atoms with van der Waals surface area (Å²) in [7, 11) is 1.61. The number of hydrogen-bond acceptors (Lipinski definition) is 3. The first-order valence-corrected chi connectivity index (χ1v) is 6.56. The van der Waals surface area contributed by atoms with E-state index >= 15 is 0 Å². The fraction of sp³-hybridized carbons (Fsp3) is 0.500. The number of carbonyl (C=O) groups excluding carboxylic acids is 1. The summed E-state index contributed by atoms with van der Waals surface area (Å²) in [5, 5.41) is 0.628.